The van der Waals surface area contributed by atoms with Gasteiger partial charge in [-0.25, -0.2) is 4.52 Å². The Kier molecular flexibility index (Phi) is 3.17. The second-order valence-corrected chi connectivity index (χ2v) is 5.44. The van der Waals surface area contributed by atoms with Crippen molar-refractivity contribution >= 4 is 39.3 Å². The van der Waals surface area contributed by atoms with Gasteiger partial charge >= 0.3 is 0 Å². The number of imide groups is 1. The number of hydrogen-bond acceptors (Lipinski definition) is 5. The van der Waals surface area contributed by atoms with Crippen LogP contribution in [0.15, 0.2) is 22.8 Å². The third-order valence-corrected chi connectivity index (χ3v) is 3.89. The molecule has 0 aliphatic carbocycles. The zero-order chi connectivity index (χ0) is 14.3. The molecule has 0 aromatic carbocycles. The number of carbonyl (C=O) groups excluding carboxylic acids is 2. The van der Waals surface area contributed by atoms with Crippen molar-refractivity contribution in [3.05, 3.63) is 22.8 Å². The van der Waals surface area contributed by atoms with Crippen molar-refractivity contribution in [2.24, 2.45) is 0 Å². The number of hydrogen-bond donors (Lipinski definition) is 1. The Bertz CT molecular complexity index is 698. The lowest BCUT2D eigenvalue weighted by molar-refractivity contribution is -0.146. The van der Waals surface area contributed by atoms with Crippen molar-refractivity contribution < 1.29 is 9.59 Å². The SMILES string of the molecule is CN1C(=O)CCC(Nc2nc3c(Br)cccn3n2)C1=O. The van der Waals surface area contributed by atoms with Crippen LogP contribution in [0, 0.1) is 0 Å². The topological polar surface area (TPSA) is 79.6 Å². The maximum absolute atomic E-state index is 12.0. The van der Waals surface area contributed by atoms with E-state index < -0.39 is 6.04 Å². The molecule has 1 aliphatic heterocycles. The van der Waals surface area contributed by atoms with E-state index in [1.807, 2.05) is 12.1 Å². The maximum Gasteiger partial charge on any atom is 0.251 e. The van der Waals surface area contributed by atoms with E-state index in [-0.39, 0.29) is 11.8 Å². The molecule has 1 saturated heterocycles. The number of nitrogens with zero attached hydrogens (tertiary/aromatic N) is 4. The number of likely N-dealkylation sites (N-methyl/N-ethyl adjacent to an activating group) is 1. The highest BCUT2D eigenvalue weighted by molar-refractivity contribution is 9.10. The number of halogens is 1. The summed E-state index contributed by atoms with van der Waals surface area (Å²) in [4.78, 5) is 28.9. The van der Waals surface area contributed by atoms with Crippen LogP contribution in [0.1, 0.15) is 12.8 Å². The lowest BCUT2D eigenvalue weighted by Crippen LogP contribution is -2.48. The zero-order valence-corrected chi connectivity index (χ0v) is 12.3. The van der Waals surface area contributed by atoms with Gasteiger partial charge in [-0.05, 0) is 34.5 Å². The number of anilines is 1. The number of fused-ring (bicyclic) bond motifs is 1. The number of pyridine rings is 1. The van der Waals surface area contributed by atoms with E-state index >= 15 is 0 Å². The monoisotopic (exact) mass is 337 g/mol. The van der Waals surface area contributed by atoms with E-state index in [9.17, 15) is 9.59 Å². The Morgan fingerprint density at radius 3 is 3.00 bits per heavy atom. The summed E-state index contributed by atoms with van der Waals surface area (Å²) < 4.78 is 2.44. The molecule has 0 spiro atoms. The molecule has 0 radical (unpaired) electrons. The second kappa shape index (κ2) is 4.86. The number of amides is 2. The van der Waals surface area contributed by atoms with Crippen molar-refractivity contribution in [3.8, 4) is 0 Å². The first-order chi connectivity index (χ1) is 9.56. The summed E-state index contributed by atoms with van der Waals surface area (Å²) in [5.74, 6) is -0.0316. The quantitative estimate of drug-likeness (QED) is 0.828. The number of carbonyl (C=O) groups is 2. The van der Waals surface area contributed by atoms with Gasteiger partial charge in [0.2, 0.25) is 11.9 Å². The molecule has 0 bridgehead atoms. The van der Waals surface area contributed by atoms with Gasteiger partial charge in [0.15, 0.2) is 5.65 Å². The first kappa shape index (κ1) is 13.0. The molecule has 104 valence electrons. The Morgan fingerprint density at radius 2 is 2.25 bits per heavy atom. The summed E-state index contributed by atoms with van der Waals surface area (Å²) in [5, 5.41) is 7.25. The molecule has 1 atom stereocenters. The minimum atomic E-state index is -0.464. The van der Waals surface area contributed by atoms with Gasteiger partial charge in [-0.15, -0.1) is 5.10 Å². The van der Waals surface area contributed by atoms with Crippen LogP contribution in [-0.4, -0.2) is 44.4 Å². The van der Waals surface area contributed by atoms with Crippen LogP contribution in [0.5, 0.6) is 0 Å². The van der Waals surface area contributed by atoms with Gasteiger partial charge in [-0.1, -0.05) is 0 Å². The van der Waals surface area contributed by atoms with Crippen LogP contribution in [0.25, 0.3) is 5.65 Å². The van der Waals surface area contributed by atoms with E-state index in [2.05, 4.69) is 31.3 Å². The maximum atomic E-state index is 12.0. The molecule has 1 unspecified atom stereocenters. The van der Waals surface area contributed by atoms with Crippen molar-refractivity contribution in [1.82, 2.24) is 19.5 Å². The summed E-state index contributed by atoms with van der Waals surface area (Å²) in [5.41, 5.74) is 0.669. The highest BCUT2D eigenvalue weighted by atomic mass is 79.9. The molecule has 0 saturated carbocycles. The van der Waals surface area contributed by atoms with E-state index in [4.69, 9.17) is 0 Å². The first-order valence-corrected chi connectivity index (χ1v) is 6.93. The fourth-order valence-corrected chi connectivity index (χ4v) is 2.56. The normalized spacial score (nSPS) is 19.7. The van der Waals surface area contributed by atoms with Gasteiger partial charge in [0.25, 0.3) is 5.91 Å². The average molecular weight is 338 g/mol. The molecule has 3 heterocycles. The largest absolute Gasteiger partial charge is 0.341 e. The predicted molar refractivity (Wildman–Crippen MR) is 75.1 cm³/mol. The van der Waals surface area contributed by atoms with Crippen molar-refractivity contribution in [3.63, 3.8) is 0 Å². The van der Waals surface area contributed by atoms with Gasteiger partial charge in [-0.3, -0.25) is 14.5 Å². The van der Waals surface area contributed by atoms with Gasteiger partial charge in [-0.2, -0.15) is 4.98 Å². The van der Waals surface area contributed by atoms with Crippen LogP contribution < -0.4 is 5.32 Å². The van der Waals surface area contributed by atoms with Crippen molar-refractivity contribution in [2.75, 3.05) is 12.4 Å². The molecule has 8 heteroatoms. The molecule has 3 rings (SSSR count). The molecular formula is C12H12BrN5O2. The highest BCUT2D eigenvalue weighted by Crippen LogP contribution is 2.19. The molecule has 20 heavy (non-hydrogen) atoms. The third-order valence-electron chi connectivity index (χ3n) is 3.27. The Labute approximate surface area is 123 Å². The summed E-state index contributed by atoms with van der Waals surface area (Å²) in [6.45, 7) is 0. The van der Waals surface area contributed by atoms with Gasteiger partial charge in [0, 0.05) is 19.7 Å². The van der Waals surface area contributed by atoms with Crippen molar-refractivity contribution in [1.29, 1.82) is 0 Å². The number of aromatic nitrogens is 3. The van der Waals surface area contributed by atoms with Gasteiger partial charge in [0.1, 0.15) is 6.04 Å². The van der Waals surface area contributed by atoms with E-state index in [1.165, 1.54) is 7.05 Å². The van der Waals surface area contributed by atoms with Crippen LogP contribution >= 0.6 is 15.9 Å². The van der Waals surface area contributed by atoms with E-state index in [0.717, 1.165) is 9.37 Å². The van der Waals surface area contributed by atoms with Crippen LogP contribution in [0.4, 0.5) is 5.95 Å². The van der Waals surface area contributed by atoms with Crippen LogP contribution in [0.3, 0.4) is 0 Å². The Hall–Kier alpha value is -1.96. The molecule has 1 fully saturated rings. The van der Waals surface area contributed by atoms with Crippen LogP contribution in [0.2, 0.25) is 0 Å². The number of nitrogens with one attached hydrogen (secondary N) is 1. The molecule has 1 aliphatic rings. The predicted octanol–water partition coefficient (Wildman–Crippen LogP) is 1.05. The van der Waals surface area contributed by atoms with E-state index in [1.54, 1.807) is 10.7 Å². The molecular weight excluding hydrogens is 326 g/mol. The summed E-state index contributed by atoms with van der Waals surface area (Å²) in [6.07, 6.45) is 2.58. The molecule has 1 N–H and O–H groups in total. The minimum absolute atomic E-state index is 0.154. The molecule has 2 aromatic heterocycles. The third kappa shape index (κ3) is 2.15. The fraction of sp³-hybridized carbons (Fsp3) is 0.333. The zero-order valence-electron chi connectivity index (χ0n) is 10.7. The standard InChI is InChI=1S/C12H12BrN5O2/c1-17-9(19)5-4-8(11(17)20)14-12-15-10-7(13)3-2-6-18(10)16-12/h2-3,6,8H,4-5H2,1H3,(H,14,16). The summed E-state index contributed by atoms with van der Waals surface area (Å²) in [7, 11) is 1.49. The number of rotatable bonds is 2. The average Bonchev–Trinajstić information content (AvgIpc) is 2.84. The van der Waals surface area contributed by atoms with Gasteiger partial charge in [0.05, 0.1) is 4.47 Å². The smallest absolute Gasteiger partial charge is 0.251 e. The minimum Gasteiger partial charge on any atom is -0.341 e. The van der Waals surface area contributed by atoms with Gasteiger partial charge < -0.3 is 5.32 Å². The molecule has 7 nitrogen and oxygen atoms in total. The lowest BCUT2D eigenvalue weighted by atomic mass is 10.1. The molecule has 2 aromatic rings. The van der Waals surface area contributed by atoms with Crippen LogP contribution in [-0.2, 0) is 9.59 Å². The summed E-state index contributed by atoms with van der Waals surface area (Å²) >= 11 is 3.39. The molecule has 2 amide bonds. The Balaban J connectivity index is 1.84. The Morgan fingerprint density at radius 1 is 1.45 bits per heavy atom. The number of piperidine rings is 1. The first-order valence-electron chi connectivity index (χ1n) is 6.14. The highest BCUT2D eigenvalue weighted by Gasteiger charge is 2.32. The number of likely N-dealkylation sites (tertiary alicyclic amines) is 1. The second-order valence-electron chi connectivity index (χ2n) is 4.59. The van der Waals surface area contributed by atoms with Crippen molar-refractivity contribution in [2.45, 2.75) is 18.9 Å². The summed E-state index contributed by atoms with van der Waals surface area (Å²) in [6, 6.07) is 3.24. The van der Waals surface area contributed by atoms with E-state index in [0.29, 0.717) is 24.4 Å². The lowest BCUT2D eigenvalue weighted by Gasteiger charge is -2.27. The fourth-order valence-electron chi connectivity index (χ4n) is 2.14.